The number of anilines is 1. The van der Waals surface area contributed by atoms with E-state index in [2.05, 4.69) is 15.4 Å². The summed E-state index contributed by atoms with van der Waals surface area (Å²) in [5.41, 5.74) is 0.326. The van der Waals surface area contributed by atoms with E-state index >= 15 is 0 Å². The predicted octanol–water partition coefficient (Wildman–Crippen LogP) is 2.37. The molecule has 2 amide bonds. The zero-order valence-electron chi connectivity index (χ0n) is 14.5. The van der Waals surface area contributed by atoms with E-state index in [-0.39, 0.29) is 24.2 Å². The second-order valence-electron chi connectivity index (χ2n) is 5.87. The smallest absolute Gasteiger partial charge is 0.406 e. The lowest BCUT2D eigenvalue weighted by molar-refractivity contribution is -0.274. The average Bonchev–Trinajstić information content (AvgIpc) is 2.46. The highest BCUT2D eigenvalue weighted by Crippen LogP contribution is 2.23. The Hall–Kier alpha value is -2.29. The van der Waals surface area contributed by atoms with E-state index in [9.17, 15) is 22.8 Å². The van der Waals surface area contributed by atoms with Crippen LogP contribution in [-0.4, -0.2) is 48.8 Å². The summed E-state index contributed by atoms with van der Waals surface area (Å²) >= 11 is 0. The van der Waals surface area contributed by atoms with Crippen molar-refractivity contribution in [2.24, 2.45) is 0 Å². The minimum absolute atomic E-state index is 0.00499. The van der Waals surface area contributed by atoms with Crippen molar-refractivity contribution in [3.8, 4) is 5.75 Å². The molecule has 1 aromatic carbocycles. The summed E-state index contributed by atoms with van der Waals surface area (Å²) in [7, 11) is 1.63. The number of halogens is 3. The van der Waals surface area contributed by atoms with Gasteiger partial charge < -0.3 is 15.4 Å². The highest BCUT2D eigenvalue weighted by atomic mass is 19.4. The van der Waals surface area contributed by atoms with Gasteiger partial charge in [-0.1, -0.05) is 0 Å². The zero-order valence-corrected chi connectivity index (χ0v) is 14.5. The molecule has 0 aliphatic rings. The fourth-order valence-electron chi connectivity index (χ4n) is 1.91. The Balaban J connectivity index is 2.54. The van der Waals surface area contributed by atoms with Crippen LogP contribution in [0.25, 0.3) is 0 Å². The van der Waals surface area contributed by atoms with Crippen LogP contribution in [0.5, 0.6) is 5.75 Å². The molecule has 0 radical (unpaired) electrons. The molecule has 0 heterocycles. The van der Waals surface area contributed by atoms with Crippen molar-refractivity contribution in [1.29, 1.82) is 0 Å². The minimum Gasteiger partial charge on any atom is -0.406 e. The fraction of sp³-hybridized carbons (Fsp3) is 0.500. The molecular weight excluding hydrogens is 339 g/mol. The third-order valence-electron chi connectivity index (χ3n) is 3.24. The average molecular weight is 361 g/mol. The number of benzene rings is 1. The summed E-state index contributed by atoms with van der Waals surface area (Å²) in [6.45, 7) is 5.30. The number of nitrogens with one attached hydrogen (secondary N) is 2. The third-order valence-corrected chi connectivity index (χ3v) is 3.24. The lowest BCUT2D eigenvalue weighted by Gasteiger charge is -2.24. The molecular formula is C16H22F3N3O3. The standard InChI is InChI=1S/C16H22F3N3O3/c1-10(2)20-15(24)11(3)22(4)9-14(23)21-12-5-7-13(8-6-12)25-16(17,18)19/h5-8,10-11H,9H2,1-4H3,(H,20,24)(H,21,23)/t11-/m1/s1. The van der Waals surface area contributed by atoms with E-state index in [4.69, 9.17) is 0 Å². The van der Waals surface area contributed by atoms with Crippen LogP contribution in [0.2, 0.25) is 0 Å². The van der Waals surface area contributed by atoms with Crippen LogP contribution in [0.3, 0.4) is 0 Å². The van der Waals surface area contributed by atoms with E-state index in [1.54, 1.807) is 18.9 Å². The number of nitrogens with zero attached hydrogens (tertiary/aromatic N) is 1. The number of amides is 2. The first kappa shape index (κ1) is 20.8. The first-order valence-corrected chi connectivity index (χ1v) is 7.64. The van der Waals surface area contributed by atoms with Crippen LogP contribution in [0, 0.1) is 0 Å². The second-order valence-corrected chi connectivity index (χ2v) is 5.87. The van der Waals surface area contributed by atoms with Crippen molar-refractivity contribution >= 4 is 17.5 Å². The molecule has 0 fully saturated rings. The molecule has 0 saturated carbocycles. The topological polar surface area (TPSA) is 70.7 Å². The molecule has 0 saturated heterocycles. The molecule has 1 aromatic rings. The van der Waals surface area contributed by atoms with Gasteiger partial charge in [-0.25, -0.2) is 0 Å². The largest absolute Gasteiger partial charge is 0.573 e. The summed E-state index contributed by atoms with van der Waals surface area (Å²) in [6, 6.07) is 4.30. The molecule has 1 atom stereocenters. The van der Waals surface area contributed by atoms with Crippen LogP contribution in [0.15, 0.2) is 24.3 Å². The molecule has 0 bridgehead atoms. The van der Waals surface area contributed by atoms with E-state index < -0.39 is 18.3 Å². The number of carbonyl (C=O) groups excluding carboxylic acids is 2. The van der Waals surface area contributed by atoms with Gasteiger partial charge in [0.2, 0.25) is 11.8 Å². The molecule has 0 aliphatic heterocycles. The molecule has 0 unspecified atom stereocenters. The normalized spacial score (nSPS) is 12.8. The number of rotatable bonds is 7. The van der Waals surface area contributed by atoms with Gasteiger partial charge in [-0.2, -0.15) is 0 Å². The molecule has 140 valence electrons. The van der Waals surface area contributed by atoms with E-state index in [0.29, 0.717) is 5.69 Å². The number of likely N-dealkylation sites (N-methyl/N-ethyl adjacent to an activating group) is 1. The minimum atomic E-state index is -4.76. The van der Waals surface area contributed by atoms with E-state index in [0.717, 1.165) is 12.1 Å². The predicted molar refractivity (Wildman–Crippen MR) is 87.1 cm³/mol. The van der Waals surface area contributed by atoms with Crippen LogP contribution >= 0.6 is 0 Å². The lowest BCUT2D eigenvalue weighted by atomic mass is 10.2. The summed E-state index contributed by atoms with van der Waals surface area (Å²) in [5, 5.41) is 5.30. The van der Waals surface area contributed by atoms with Gasteiger partial charge in [-0.05, 0) is 52.1 Å². The maximum atomic E-state index is 12.1. The molecule has 0 spiro atoms. The van der Waals surface area contributed by atoms with Gasteiger partial charge in [0.25, 0.3) is 0 Å². The number of ether oxygens (including phenoxy) is 1. The van der Waals surface area contributed by atoms with Gasteiger partial charge in [-0.3, -0.25) is 14.5 Å². The highest BCUT2D eigenvalue weighted by Gasteiger charge is 2.31. The number of hydrogen-bond donors (Lipinski definition) is 2. The van der Waals surface area contributed by atoms with Gasteiger partial charge in [0.1, 0.15) is 5.75 Å². The van der Waals surface area contributed by atoms with Gasteiger partial charge in [0.05, 0.1) is 12.6 Å². The third kappa shape index (κ3) is 7.88. The number of hydrogen-bond acceptors (Lipinski definition) is 4. The van der Waals surface area contributed by atoms with Crippen molar-refractivity contribution < 1.29 is 27.5 Å². The number of carbonyl (C=O) groups is 2. The maximum absolute atomic E-state index is 12.1. The maximum Gasteiger partial charge on any atom is 0.573 e. The molecule has 0 aromatic heterocycles. The Morgan fingerprint density at radius 1 is 1.16 bits per heavy atom. The van der Waals surface area contributed by atoms with Crippen LogP contribution in [0.1, 0.15) is 20.8 Å². The number of alkyl halides is 3. The Morgan fingerprint density at radius 3 is 2.20 bits per heavy atom. The van der Waals surface area contributed by atoms with Gasteiger partial charge in [-0.15, -0.1) is 13.2 Å². The van der Waals surface area contributed by atoms with Crippen LogP contribution in [-0.2, 0) is 9.59 Å². The lowest BCUT2D eigenvalue weighted by Crippen LogP contribution is -2.47. The highest BCUT2D eigenvalue weighted by molar-refractivity contribution is 5.92. The molecule has 0 aliphatic carbocycles. The SMILES string of the molecule is CC(C)NC(=O)[C@@H](C)N(C)CC(=O)Nc1ccc(OC(F)(F)F)cc1. The van der Waals surface area contributed by atoms with E-state index in [1.807, 2.05) is 13.8 Å². The van der Waals surface area contributed by atoms with Gasteiger partial charge >= 0.3 is 6.36 Å². The summed E-state index contributed by atoms with van der Waals surface area (Å²) in [5.74, 6) is -0.961. The Kier molecular flexibility index (Phi) is 7.22. The summed E-state index contributed by atoms with van der Waals surface area (Å²) in [6.07, 6.45) is -4.76. The first-order chi connectivity index (χ1) is 11.5. The monoisotopic (exact) mass is 361 g/mol. The van der Waals surface area contributed by atoms with Crippen molar-refractivity contribution in [2.45, 2.75) is 39.2 Å². The quantitative estimate of drug-likeness (QED) is 0.782. The Morgan fingerprint density at radius 2 is 1.72 bits per heavy atom. The Bertz CT molecular complexity index is 589. The van der Waals surface area contributed by atoms with Crippen LogP contribution < -0.4 is 15.4 Å². The molecule has 9 heteroatoms. The summed E-state index contributed by atoms with van der Waals surface area (Å²) < 4.78 is 40.0. The first-order valence-electron chi connectivity index (χ1n) is 7.64. The van der Waals surface area contributed by atoms with Crippen molar-refractivity contribution in [3.05, 3.63) is 24.3 Å². The van der Waals surface area contributed by atoms with Crippen LogP contribution in [0.4, 0.5) is 18.9 Å². The fourth-order valence-corrected chi connectivity index (χ4v) is 1.91. The van der Waals surface area contributed by atoms with Crippen molar-refractivity contribution in [3.63, 3.8) is 0 Å². The molecule has 1 rings (SSSR count). The summed E-state index contributed by atoms with van der Waals surface area (Å²) in [4.78, 5) is 25.4. The Labute approximate surface area is 144 Å². The van der Waals surface area contributed by atoms with Gasteiger partial charge in [0, 0.05) is 11.7 Å². The van der Waals surface area contributed by atoms with Crippen molar-refractivity contribution in [1.82, 2.24) is 10.2 Å². The molecule has 25 heavy (non-hydrogen) atoms. The molecule has 2 N–H and O–H groups in total. The molecule has 6 nitrogen and oxygen atoms in total. The van der Waals surface area contributed by atoms with Gasteiger partial charge in [0.15, 0.2) is 0 Å². The van der Waals surface area contributed by atoms with E-state index in [1.165, 1.54) is 12.1 Å². The van der Waals surface area contributed by atoms with Crippen molar-refractivity contribution in [2.75, 3.05) is 18.9 Å². The zero-order chi connectivity index (χ0) is 19.2. The second kappa shape index (κ2) is 8.70.